The third kappa shape index (κ3) is 4.74. The molecule has 180 valence electrons. The van der Waals surface area contributed by atoms with Gasteiger partial charge in [-0.2, -0.15) is 10.1 Å². The van der Waals surface area contributed by atoms with E-state index >= 15 is 0 Å². The number of aromatic nitrogens is 2. The molecule has 34 heavy (non-hydrogen) atoms. The summed E-state index contributed by atoms with van der Waals surface area (Å²) in [7, 11) is 0. The second kappa shape index (κ2) is 9.41. The Morgan fingerprint density at radius 2 is 1.88 bits per heavy atom. The lowest BCUT2D eigenvalue weighted by molar-refractivity contribution is -0.141. The van der Waals surface area contributed by atoms with Crippen molar-refractivity contribution in [1.29, 1.82) is 0 Å². The van der Waals surface area contributed by atoms with E-state index in [0.29, 0.717) is 48.5 Å². The summed E-state index contributed by atoms with van der Waals surface area (Å²) in [6.45, 7) is 8.51. The predicted octanol–water partition coefficient (Wildman–Crippen LogP) is 1.59. The van der Waals surface area contributed by atoms with Crippen LogP contribution in [0.15, 0.2) is 27.8 Å². The van der Waals surface area contributed by atoms with Crippen molar-refractivity contribution in [3.8, 4) is 22.9 Å². The Labute approximate surface area is 197 Å². The van der Waals surface area contributed by atoms with Crippen molar-refractivity contribution < 1.29 is 23.6 Å². The van der Waals surface area contributed by atoms with Gasteiger partial charge in [0.25, 0.3) is 5.89 Å². The normalized spacial score (nSPS) is 18.6. The number of ether oxygens (including phenoxy) is 2. The molecule has 1 aromatic carbocycles. The fourth-order valence-corrected chi connectivity index (χ4v) is 4.30. The quantitative estimate of drug-likeness (QED) is 0.628. The topological polar surface area (TPSA) is 114 Å². The van der Waals surface area contributed by atoms with Crippen molar-refractivity contribution in [3.63, 3.8) is 0 Å². The number of carbonyl (C=O) groups excluding carboxylic acids is 2. The van der Waals surface area contributed by atoms with Crippen molar-refractivity contribution >= 4 is 17.5 Å². The van der Waals surface area contributed by atoms with E-state index < -0.39 is 0 Å². The zero-order valence-electron chi connectivity index (χ0n) is 19.4. The highest BCUT2D eigenvalue weighted by Gasteiger charge is 2.29. The fraction of sp³-hybridized carbons (Fsp3) is 0.522. The summed E-state index contributed by atoms with van der Waals surface area (Å²) < 4.78 is 16.2. The van der Waals surface area contributed by atoms with E-state index in [2.05, 4.69) is 34.0 Å². The molecule has 0 N–H and O–H groups in total. The van der Waals surface area contributed by atoms with Gasteiger partial charge in [0.1, 0.15) is 12.3 Å². The summed E-state index contributed by atoms with van der Waals surface area (Å²) in [5, 5.41) is 9.66. The number of hydrogen-bond donors (Lipinski definition) is 0. The van der Waals surface area contributed by atoms with Crippen molar-refractivity contribution in [1.82, 2.24) is 24.9 Å². The predicted molar refractivity (Wildman–Crippen MR) is 121 cm³/mol. The van der Waals surface area contributed by atoms with E-state index in [9.17, 15) is 9.59 Å². The molecule has 2 aromatic rings. The van der Waals surface area contributed by atoms with Crippen LogP contribution >= 0.6 is 0 Å². The van der Waals surface area contributed by atoms with Gasteiger partial charge in [0, 0.05) is 51.1 Å². The molecule has 0 radical (unpaired) electrons. The van der Waals surface area contributed by atoms with Crippen molar-refractivity contribution in [2.45, 2.75) is 26.7 Å². The number of benzene rings is 1. The maximum atomic E-state index is 12.8. The molecule has 1 saturated heterocycles. The molecule has 4 heterocycles. The minimum atomic E-state index is -0.189. The van der Waals surface area contributed by atoms with Crippen LogP contribution in [0.5, 0.6) is 11.5 Å². The third-order valence-electron chi connectivity index (χ3n) is 6.04. The molecular formula is C23H28N6O5. The first kappa shape index (κ1) is 22.3. The molecule has 0 spiro atoms. The summed E-state index contributed by atoms with van der Waals surface area (Å²) in [6.07, 6.45) is 0.607. The van der Waals surface area contributed by atoms with E-state index in [0.717, 1.165) is 25.2 Å². The van der Waals surface area contributed by atoms with Gasteiger partial charge in [-0.3, -0.25) is 14.5 Å². The summed E-state index contributed by atoms with van der Waals surface area (Å²) in [4.78, 5) is 33.9. The van der Waals surface area contributed by atoms with E-state index in [1.54, 1.807) is 17.0 Å². The van der Waals surface area contributed by atoms with Crippen LogP contribution < -0.4 is 9.47 Å². The molecule has 3 aliphatic heterocycles. The zero-order valence-corrected chi connectivity index (χ0v) is 19.4. The van der Waals surface area contributed by atoms with Crippen LogP contribution in [-0.4, -0.2) is 88.5 Å². The zero-order chi connectivity index (χ0) is 23.7. The maximum absolute atomic E-state index is 12.8. The average molecular weight is 469 g/mol. The van der Waals surface area contributed by atoms with E-state index in [1.807, 2.05) is 6.07 Å². The van der Waals surface area contributed by atoms with Gasteiger partial charge >= 0.3 is 0 Å². The van der Waals surface area contributed by atoms with Crippen LogP contribution in [0.2, 0.25) is 0 Å². The van der Waals surface area contributed by atoms with Crippen molar-refractivity contribution in [2.24, 2.45) is 11.0 Å². The monoisotopic (exact) mass is 468 g/mol. The number of piperazine rings is 1. The van der Waals surface area contributed by atoms with E-state index in [4.69, 9.17) is 14.0 Å². The average Bonchev–Trinajstić information content (AvgIpc) is 3.50. The Hall–Kier alpha value is -3.47. The van der Waals surface area contributed by atoms with Crippen LogP contribution in [0, 0.1) is 5.92 Å². The highest BCUT2D eigenvalue weighted by atomic mass is 16.7. The standard InChI is InChI=1S/C23H28N6O5/c1-15(2)12-27-7-9-28(10-8-27)21(31)13-29-20(30)6-4-17(25-29)23-24-22(26-34-23)16-3-5-18-19(11-16)33-14-32-18/h3,5,11,15H,4,6-10,12-14H2,1-2H3. The molecule has 0 unspecified atom stereocenters. The van der Waals surface area contributed by atoms with E-state index in [-0.39, 0.29) is 37.5 Å². The SMILES string of the molecule is CC(C)CN1CCN(C(=O)CN2N=C(c3nc(-c4ccc5c(c4)OCO5)no3)CCC2=O)CC1. The third-order valence-corrected chi connectivity index (χ3v) is 6.04. The first-order chi connectivity index (χ1) is 16.5. The van der Waals surface area contributed by atoms with Gasteiger partial charge in [-0.25, -0.2) is 5.01 Å². The minimum absolute atomic E-state index is 0.0876. The van der Waals surface area contributed by atoms with Gasteiger partial charge in [-0.15, -0.1) is 0 Å². The fourth-order valence-electron chi connectivity index (χ4n) is 4.30. The number of rotatable bonds is 6. The van der Waals surface area contributed by atoms with Crippen LogP contribution in [0.1, 0.15) is 32.6 Å². The number of hydrogen-bond acceptors (Lipinski definition) is 9. The maximum Gasteiger partial charge on any atom is 0.274 e. The van der Waals surface area contributed by atoms with Gasteiger partial charge in [-0.1, -0.05) is 19.0 Å². The van der Waals surface area contributed by atoms with Crippen LogP contribution in [-0.2, 0) is 9.59 Å². The molecule has 2 amide bonds. The largest absolute Gasteiger partial charge is 0.454 e. The lowest BCUT2D eigenvalue weighted by Crippen LogP contribution is -2.52. The second-order valence-electron chi connectivity index (χ2n) is 9.06. The van der Waals surface area contributed by atoms with Gasteiger partial charge in [-0.05, 0) is 24.1 Å². The van der Waals surface area contributed by atoms with Gasteiger partial charge in [0.15, 0.2) is 11.5 Å². The molecule has 11 heteroatoms. The molecule has 0 saturated carbocycles. The van der Waals surface area contributed by atoms with Crippen LogP contribution in [0.3, 0.4) is 0 Å². The number of hydrazone groups is 1. The lowest BCUT2D eigenvalue weighted by Gasteiger charge is -2.36. The Bertz CT molecular complexity index is 1110. The van der Waals surface area contributed by atoms with Crippen LogP contribution in [0.25, 0.3) is 11.4 Å². The van der Waals surface area contributed by atoms with Gasteiger partial charge < -0.3 is 18.9 Å². The number of amides is 2. The van der Waals surface area contributed by atoms with Gasteiger partial charge in [0.05, 0.1) is 0 Å². The summed E-state index contributed by atoms with van der Waals surface area (Å²) in [5.41, 5.74) is 1.21. The van der Waals surface area contributed by atoms with Crippen LogP contribution in [0.4, 0.5) is 0 Å². The number of fused-ring (bicyclic) bond motifs is 1. The first-order valence-corrected chi connectivity index (χ1v) is 11.6. The molecule has 0 aliphatic carbocycles. The summed E-state index contributed by atoms with van der Waals surface area (Å²) in [5.74, 6) is 2.22. The molecule has 1 fully saturated rings. The van der Waals surface area contributed by atoms with Crippen molar-refractivity contribution in [3.05, 3.63) is 24.1 Å². The second-order valence-corrected chi connectivity index (χ2v) is 9.06. The molecule has 3 aliphatic rings. The first-order valence-electron chi connectivity index (χ1n) is 11.6. The Kier molecular flexibility index (Phi) is 6.18. The number of carbonyl (C=O) groups is 2. The highest BCUT2D eigenvalue weighted by Crippen LogP contribution is 2.35. The summed E-state index contributed by atoms with van der Waals surface area (Å²) >= 11 is 0. The molecular weight excluding hydrogens is 440 g/mol. The molecule has 0 bridgehead atoms. The highest BCUT2D eigenvalue weighted by molar-refractivity contribution is 6.01. The number of nitrogens with zero attached hydrogens (tertiary/aromatic N) is 6. The van der Waals surface area contributed by atoms with Crippen molar-refractivity contribution in [2.75, 3.05) is 46.1 Å². The molecule has 5 rings (SSSR count). The molecule has 1 aromatic heterocycles. The smallest absolute Gasteiger partial charge is 0.274 e. The lowest BCUT2D eigenvalue weighted by atomic mass is 10.1. The Morgan fingerprint density at radius 3 is 2.68 bits per heavy atom. The minimum Gasteiger partial charge on any atom is -0.454 e. The Balaban J connectivity index is 1.24. The van der Waals surface area contributed by atoms with E-state index in [1.165, 1.54) is 5.01 Å². The Morgan fingerprint density at radius 1 is 1.09 bits per heavy atom. The molecule has 0 atom stereocenters. The molecule has 11 nitrogen and oxygen atoms in total. The van der Waals surface area contributed by atoms with Gasteiger partial charge in [0.2, 0.25) is 24.4 Å². The summed E-state index contributed by atoms with van der Waals surface area (Å²) in [6, 6.07) is 5.40.